The molecule has 1 unspecified atom stereocenters. The van der Waals surface area contributed by atoms with Crippen molar-refractivity contribution >= 4 is 11.7 Å². The Balaban J connectivity index is 1.24. The second kappa shape index (κ2) is 8.49. The van der Waals surface area contributed by atoms with Gasteiger partial charge in [-0.3, -0.25) is 4.79 Å². The lowest BCUT2D eigenvalue weighted by Gasteiger charge is -2.33. The molecule has 0 bridgehead atoms. The lowest BCUT2D eigenvalue weighted by molar-refractivity contribution is -0.125. The Morgan fingerprint density at radius 3 is 2.81 bits per heavy atom. The fourth-order valence-electron chi connectivity index (χ4n) is 4.27. The van der Waals surface area contributed by atoms with Crippen LogP contribution in [0.4, 0.5) is 5.82 Å². The van der Waals surface area contributed by atoms with Gasteiger partial charge in [-0.05, 0) is 50.5 Å². The fraction of sp³-hybridized carbons (Fsp3) is 0.391. The number of aromatic nitrogens is 4. The minimum absolute atomic E-state index is 0.0557. The van der Waals surface area contributed by atoms with Crippen molar-refractivity contribution in [3.8, 4) is 17.3 Å². The summed E-state index contributed by atoms with van der Waals surface area (Å²) in [4.78, 5) is 23.9. The van der Waals surface area contributed by atoms with Gasteiger partial charge < -0.3 is 19.7 Å². The second-order valence-corrected chi connectivity index (χ2v) is 8.26. The van der Waals surface area contributed by atoms with E-state index in [4.69, 9.17) is 9.47 Å². The smallest absolute Gasteiger partial charge is 0.231 e. The molecule has 32 heavy (non-hydrogen) atoms. The lowest BCUT2D eigenvalue weighted by atomic mass is 9.97. The van der Waals surface area contributed by atoms with E-state index in [1.807, 2.05) is 48.9 Å². The Morgan fingerprint density at radius 2 is 1.97 bits per heavy atom. The summed E-state index contributed by atoms with van der Waals surface area (Å²) in [7, 11) is 0. The summed E-state index contributed by atoms with van der Waals surface area (Å²) < 4.78 is 12.6. The molecule has 0 aliphatic carbocycles. The third-order valence-electron chi connectivity index (χ3n) is 5.88. The van der Waals surface area contributed by atoms with E-state index in [1.165, 1.54) is 0 Å². The van der Waals surface area contributed by atoms with E-state index in [0.717, 1.165) is 59.5 Å². The van der Waals surface area contributed by atoms with E-state index in [1.54, 1.807) is 6.33 Å². The van der Waals surface area contributed by atoms with E-state index in [2.05, 4.69) is 25.3 Å². The zero-order valence-electron chi connectivity index (χ0n) is 18.2. The van der Waals surface area contributed by atoms with Crippen molar-refractivity contribution in [2.75, 3.05) is 24.8 Å². The van der Waals surface area contributed by atoms with Crippen LogP contribution < -0.4 is 19.7 Å². The van der Waals surface area contributed by atoms with Gasteiger partial charge in [-0.2, -0.15) is 5.10 Å². The Morgan fingerprint density at radius 1 is 1.12 bits per heavy atom. The SMILES string of the molecule is Cc1cc(C)n(-c2cc(N3CCCC(C(=O)NCc4ccc5c(c4)OCO5)C3)ncn2)n1. The van der Waals surface area contributed by atoms with Gasteiger partial charge in [0.15, 0.2) is 17.3 Å². The summed E-state index contributed by atoms with van der Waals surface area (Å²) in [6.45, 7) is 6.15. The number of carbonyl (C=O) groups excluding carboxylic acids is 1. The number of anilines is 1. The van der Waals surface area contributed by atoms with Crippen LogP contribution in [0.25, 0.3) is 5.82 Å². The molecular formula is C23H26N6O3. The van der Waals surface area contributed by atoms with Gasteiger partial charge in [-0.15, -0.1) is 0 Å². The molecule has 166 valence electrons. The van der Waals surface area contributed by atoms with Gasteiger partial charge in [-0.1, -0.05) is 6.07 Å². The minimum Gasteiger partial charge on any atom is -0.454 e. The molecule has 1 saturated heterocycles. The van der Waals surface area contributed by atoms with Crippen LogP contribution in [-0.2, 0) is 11.3 Å². The number of ether oxygens (including phenoxy) is 2. The molecule has 4 heterocycles. The van der Waals surface area contributed by atoms with Crippen molar-refractivity contribution in [3.05, 3.63) is 53.6 Å². The van der Waals surface area contributed by atoms with Crippen LogP contribution in [0.5, 0.6) is 11.5 Å². The highest BCUT2D eigenvalue weighted by Gasteiger charge is 2.27. The van der Waals surface area contributed by atoms with Crippen molar-refractivity contribution in [2.45, 2.75) is 33.2 Å². The second-order valence-electron chi connectivity index (χ2n) is 8.26. The molecule has 1 fully saturated rings. The van der Waals surface area contributed by atoms with Crippen LogP contribution in [-0.4, -0.2) is 45.5 Å². The van der Waals surface area contributed by atoms with E-state index < -0.39 is 0 Å². The van der Waals surface area contributed by atoms with Gasteiger partial charge >= 0.3 is 0 Å². The average molecular weight is 435 g/mol. The van der Waals surface area contributed by atoms with E-state index in [9.17, 15) is 4.79 Å². The monoisotopic (exact) mass is 434 g/mol. The van der Waals surface area contributed by atoms with Gasteiger partial charge in [-0.25, -0.2) is 14.6 Å². The normalized spacial score (nSPS) is 17.4. The number of benzene rings is 1. The third-order valence-corrected chi connectivity index (χ3v) is 5.88. The lowest BCUT2D eigenvalue weighted by Crippen LogP contribution is -2.43. The van der Waals surface area contributed by atoms with Crippen molar-refractivity contribution in [2.24, 2.45) is 5.92 Å². The predicted molar refractivity (Wildman–Crippen MR) is 118 cm³/mol. The van der Waals surface area contributed by atoms with Gasteiger partial charge in [0.1, 0.15) is 12.1 Å². The van der Waals surface area contributed by atoms with E-state index in [-0.39, 0.29) is 18.6 Å². The third kappa shape index (κ3) is 4.10. The summed E-state index contributed by atoms with van der Waals surface area (Å²) in [5.41, 5.74) is 2.95. The number of amides is 1. The fourth-order valence-corrected chi connectivity index (χ4v) is 4.27. The quantitative estimate of drug-likeness (QED) is 0.659. The van der Waals surface area contributed by atoms with Gasteiger partial charge in [0, 0.05) is 31.4 Å². The number of aryl methyl sites for hydroxylation is 2. The highest BCUT2D eigenvalue weighted by atomic mass is 16.7. The Kier molecular flexibility index (Phi) is 5.38. The van der Waals surface area contributed by atoms with Crippen LogP contribution in [0.2, 0.25) is 0 Å². The summed E-state index contributed by atoms with van der Waals surface area (Å²) in [6.07, 6.45) is 3.35. The Hall–Kier alpha value is -3.62. The number of rotatable bonds is 5. The Bertz CT molecular complexity index is 1140. The zero-order valence-corrected chi connectivity index (χ0v) is 18.2. The van der Waals surface area contributed by atoms with E-state index >= 15 is 0 Å². The summed E-state index contributed by atoms with van der Waals surface area (Å²) >= 11 is 0. The molecule has 9 nitrogen and oxygen atoms in total. The van der Waals surface area contributed by atoms with Crippen LogP contribution in [0.1, 0.15) is 29.8 Å². The minimum atomic E-state index is -0.0927. The highest BCUT2D eigenvalue weighted by Crippen LogP contribution is 2.32. The standard InChI is InChI=1S/C23H26N6O3/c1-15-8-16(2)29(27-15)22-10-21(25-13-26-22)28-7-3-4-18(12-28)23(30)24-11-17-5-6-19-20(9-17)32-14-31-19/h5-6,8-10,13,18H,3-4,7,11-12,14H2,1-2H3,(H,24,30). The van der Waals surface area contributed by atoms with Crippen molar-refractivity contribution in [1.82, 2.24) is 25.1 Å². The molecule has 2 aliphatic heterocycles. The molecule has 0 saturated carbocycles. The molecule has 1 atom stereocenters. The molecule has 0 spiro atoms. The topological polar surface area (TPSA) is 94.4 Å². The zero-order chi connectivity index (χ0) is 22.1. The summed E-state index contributed by atoms with van der Waals surface area (Å²) in [5.74, 6) is 2.98. The first-order valence-corrected chi connectivity index (χ1v) is 10.8. The molecular weight excluding hydrogens is 408 g/mol. The molecule has 3 aromatic rings. The summed E-state index contributed by atoms with van der Waals surface area (Å²) in [6, 6.07) is 9.69. The largest absolute Gasteiger partial charge is 0.454 e. The molecule has 9 heteroatoms. The molecule has 5 rings (SSSR count). The van der Waals surface area contributed by atoms with Crippen molar-refractivity contribution < 1.29 is 14.3 Å². The molecule has 0 radical (unpaired) electrons. The van der Waals surface area contributed by atoms with Crippen LogP contribution in [0.15, 0.2) is 36.7 Å². The van der Waals surface area contributed by atoms with Gasteiger partial charge in [0.2, 0.25) is 12.7 Å². The number of nitrogens with zero attached hydrogens (tertiary/aromatic N) is 5. The number of hydrogen-bond donors (Lipinski definition) is 1. The van der Waals surface area contributed by atoms with Crippen molar-refractivity contribution in [3.63, 3.8) is 0 Å². The highest BCUT2D eigenvalue weighted by molar-refractivity contribution is 5.79. The predicted octanol–water partition coefficient (Wildman–Crippen LogP) is 2.54. The number of hydrogen-bond acceptors (Lipinski definition) is 7. The number of carbonyl (C=O) groups is 1. The number of fused-ring (bicyclic) bond motifs is 1. The summed E-state index contributed by atoms with van der Waals surface area (Å²) in [5, 5.41) is 7.58. The first-order valence-electron chi connectivity index (χ1n) is 10.8. The molecule has 1 amide bonds. The maximum absolute atomic E-state index is 12.9. The van der Waals surface area contributed by atoms with E-state index in [0.29, 0.717) is 13.1 Å². The van der Waals surface area contributed by atoms with Gasteiger partial charge in [0.05, 0.1) is 11.6 Å². The molecule has 2 aromatic heterocycles. The maximum atomic E-state index is 12.9. The van der Waals surface area contributed by atoms with Crippen molar-refractivity contribution in [1.29, 1.82) is 0 Å². The number of nitrogens with one attached hydrogen (secondary N) is 1. The first-order chi connectivity index (χ1) is 15.6. The number of piperidine rings is 1. The molecule has 1 aromatic carbocycles. The molecule has 1 N–H and O–H groups in total. The van der Waals surface area contributed by atoms with Gasteiger partial charge in [0.25, 0.3) is 0 Å². The maximum Gasteiger partial charge on any atom is 0.231 e. The van der Waals surface area contributed by atoms with Crippen LogP contribution in [0.3, 0.4) is 0 Å². The average Bonchev–Trinajstić information content (AvgIpc) is 3.42. The van der Waals surface area contributed by atoms with Crippen LogP contribution >= 0.6 is 0 Å². The Labute approximate surface area is 186 Å². The first kappa shape index (κ1) is 20.3. The molecule has 2 aliphatic rings. The van der Waals surface area contributed by atoms with Crippen LogP contribution in [0, 0.1) is 19.8 Å².